The second-order valence-corrected chi connectivity index (χ2v) is 7.43. The van der Waals surface area contributed by atoms with Crippen LogP contribution in [0.3, 0.4) is 0 Å². The third kappa shape index (κ3) is 3.21. The summed E-state index contributed by atoms with van der Waals surface area (Å²) >= 11 is 2.05. The van der Waals surface area contributed by atoms with Crippen molar-refractivity contribution in [2.45, 2.75) is 50.8 Å². The molecule has 0 bridgehead atoms. The molecule has 20 heavy (non-hydrogen) atoms. The molecule has 1 aromatic carbocycles. The smallest absolute Gasteiger partial charge is 0.0795 e. The van der Waals surface area contributed by atoms with E-state index < -0.39 is 0 Å². The molecule has 2 fully saturated rings. The van der Waals surface area contributed by atoms with E-state index in [4.69, 9.17) is 4.74 Å². The maximum atomic E-state index is 6.10. The predicted molar refractivity (Wildman–Crippen MR) is 86.4 cm³/mol. The largest absolute Gasteiger partial charge is 0.374 e. The topological polar surface area (TPSA) is 21.3 Å². The molecule has 3 atom stereocenters. The Bertz CT molecular complexity index is 456. The van der Waals surface area contributed by atoms with Crippen LogP contribution in [0.15, 0.2) is 24.3 Å². The first-order valence-electron chi connectivity index (χ1n) is 7.71. The highest BCUT2D eigenvalue weighted by atomic mass is 32.2. The fraction of sp³-hybridized carbons (Fsp3) is 0.647. The number of aryl methyl sites for hydroxylation is 1. The Kier molecular flexibility index (Phi) is 4.39. The van der Waals surface area contributed by atoms with Gasteiger partial charge in [0.1, 0.15) is 0 Å². The van der Waals surface area contributed by atoms with Gasteiger partial charge >= 0.3 is 0 Å². The number of ether oxygens (including phenoxy) is 1. The van der Waals surface area contributed by atoms with Crippen molar-refractivity contribution in [1.82, 2.24) is 5.32 Å². The summed E-state index contributed by atoms with van der Waals surface area (Å²) in [6.45, 7) is 5.36. The number of nitrogens with one attached hydrogen (secondary N) is 1. The van der Waals surface area contributed by atoms with Crippen LogP contribution in [0.1, 0.15) is 43.4 Å². The molecule has 0 aliphatic carbocycles. The molecule has 1 N–H and O–H groups in total. The zero-order chi connectivity index (χ0) is 14.0. The lowest BCUT2D eigenvalue weighted by atomic mass is 9.89. The van der Waals surface area contributed by atoms with Crippen LogP contribution in [0.2, 0.25) is 0 Å². The van der Waals surface area contributed by atoms with E-state index in [-0.39, 0.29) is 5.60 Å². The molecule has 0 radical (unpaired) electrons. The van der Waals surface area contributed by atoms with Gasteiger partial charge in [0.15, 0.2) is 0 Å². The van der Waals surface area contributed by atoms with E-state index in [9.17, 15) is 0 Å². The molecule has 3 rings (SSSR count). The molecule has 2 nitrogen and oxygen atoms in total. The highest BCUT2D eigenvalue weighted by molar-refractivity contribution is 7.99. The van der Waals surface area contributed by atoms with Crippen molar-refractivity contribution in [3.63, 3.8) is 0 Å². The van der Waals surface area contributed by atoms with Crippen LogP contribution in [-0.2, 0) is 4.74 Å². The van der Waals surface area contributed by atoms with Crippen molar-refractivity contribution in [3.8, 4) is 0 Å². The van der Waals surface area contributed by atoms with E-state index in [1.54, 1.807) is 0 Å². The lowest BCUT2D eigenvalue weighted by Gasteiger charge is -2.39. The molecule has 0 amide bonds. The monoisotopic (exact) mass is 291 g/mol. The minimum absolute atomic E-state index is 0.174. The van der Waals surface area contributed by atoms with Gasteiger partial charge in [-0.1, -0.05) is 29.8 Å². The summed E-state index contributed by atoms with van der Waals surface area (Å²) in [6.07, 6.45) is 3.55. The molecular formula is C17H25NOS. The van der Waals surface area contributed by atoms with Crippen molar-refractivity contribution in [1.29, 1.82) is 0 Å². The zero-order valence-corrected chi connectivity index (χ0v) is 13.3. The SMILES string of the molecule is Cc1cccc([C@H](C)NC2CCOC3(CCSC3)C2)c1. The minimum Gasteiger partial charge on any atom is -0.374 e. The first-order chi connectivity index (χ1) is 9.67. The van der Waals surface area contributed by atoms with Gasteiger partial charge in [0.05, 0.1) is 5.60 Å². The Morgan fingerprint density at radius 3 is 3.10 bits per heavy atom. The normalized spacial score (nSPS) is 31.6. The number of thioether (sulfide) groups is 1. The van der Waals surface area contributed by atoms with Crippen LogP contribution in [0.25, 0.3) is 0 Å². The molecule has 2 aliphatic rings. The van der Waals surface area contributed by atoms with E-state index >= 15 is 0 Å². The van der Waals surface area contributed by atoms with Crippen LogP contribution in [-0.4, -0.2) is 29.8 Å². The molecule has 2 heterocycles. The molecule has 2 aliphatic heterocycles. The van der Waals surface area contributed by atoms with Gasteiger partial charge in [-0.3, -0.25) is 0 Å². The molecule has 110 valence electrons. The third-order valence-electron chi connectivity index (χ3n) is 4.59. The Labute approximate surface area is 126 Å². The van der Waals surface area contributed by atoms with Crippen molar-refractivity contribution < 1.29 is 4.74 Å². The summed E-state index contributed by atoms with van der Waals surface area (Å²) in [4.78, 5) is 0. The van der Waals surface area contributed by atoms with Crippen LogP contribution >= 0.6 is 11.8 Å². The summed E-state index contributed by atoms with van der Waals surface area (Å²) in [7, 11) is 0. The maximum Gasteiger partial charge on any atom is 0.0795 e. The molecule has 2 saturated heterocycles. The Balaban J connectivity index is 1.62. The molecule has 1 spiro atoms. The van der Waals surface area contributed by atoms with Crippen molar-refractivity contribution >= 4 is 11.8 Å². The fourth-order valence-corrected chi connectivity index (χ4v) is 4.80. The number of hydrogen-bond acceptors (Lipinski definition) is 3. The predicted octanol–water partition coefficient (Wildman–Crippen LogP) is 3.70. The van der Waals surface area contributed by atoms with Gasteiger partial charge in [-0.05, 0) is 44.4 Å². The van der Waals surface area contributed by atoms with Gasteiger partial charge in [-0.15, -0.1) is 0 Å². The molecule has 0 aromatic heterocycles. The van der Waals surface area contributed by atoms with E-state index in [2.05, 4.69) is 43.4 Å². The van der Waals surface area contributed by atoms with Crippen LogP contribution in [0, 0.1) is 6.92 Å². The van der Waals surface area contributed by atoms with Crippen LogP contribution in [0.4, 0.5) is 0 Å². The number of rotatable bonds is 3. The molecule has 2 unspecified atom stereocenters. The second kappa shape index (κ2) is 6.08. The van der Waals surface area contributed by atoms with Gasteiger partial charge in [0.25, 0.3) is 0 Å². The summed E-state index contributed by atoms with van der Waals surface area (Å²) < 4.78 is 6.10. The van der Waals surface area contributed by atoms with Gasteiger partial charge in [0, 0.05) is 24.4 Å². The third-order valence-corrected chi connectivity index (χ3v) is 5.81. The second-order valence-electron chi connectivity index (χ2n) is 6.33. The highest BCUT2D eigenvalue weighted by Crippen LogP contribution is 2.38. The van der Waals surface area contributed by atoms with E-state index in [1.807, 2.05) is 11.8 Å². The van der Waals surface area contributed by atoms with Gasteiger partial charge < -0.3 is 10.1 Å². The molecule has 0 saturated carbocycles. The van der Waals surface area contributed by atoms with Crippen LogP contribution in [0.5, 0.6) is 0 Å². The minimum atomic E-state index is 0.174. The van der Waals surface area contributed by atoms with Gasteiger partial charge in [-0.25, -0.2) is 0 Å². The average molecular weight is 291 g/mol. The number of benzene rings is 1. The summed E-state index contributed by atoms with van der Waals surface area (Å²) in [6, 6.07) is 9.85. The Hall–Kier alpha value is -0.510. The quantitative estimate of drug-likeness (QED) is 0.917. The molecule has 1 aromatic rings. The highest BCUT2D eigenvalue weighted by Gasteiger charge is 2.40. The number of hydrogen-bond donors (Lipinski definition) is 1. The van der Waals surface area contributed by atoms with E-state index in [0.29, 0.717) is 12.1 Å². The van der Waals surface area contributed by atoms with Crippen molar-refractivity contribution in [2.24, 2.45) is 0 Å². The van der Waals surface area contributed by atoms with Gasteiger partial charge in [0.2, 0.25) is 0 Å². The van der Waals surface area contributed by atoms with Crippen molar-refractivity contribution in [3.05, 3.63) is 35.4 Å². The first-order valence-corrected chi connectivity index (χ1v) is 8.87. The lowest BCUT2D eigenvalue weighted by molar-refractivity contribution is -0.0711. The summed E-state index contributed by atoms with van der Waals surface area (Å²) in [5, 5.41) is 3.82. The summed E-state index contributed by atoms with van der Waals surface area (Å²) in [5.74, 6) is 2.45. The van der Waals surface area contributed by atoms with E-state index in [0.717, 1.165) is 13.0 Å². The molecular weight excluding hydrogens is 266 g/mol. The Morgan fingerprint density at radius 2 is 2.35 bits per heavy atom. The Morgan fingerprint density at radius 1 is 1.45 bits per heavy atom. The summed E-state index contributed by atoms with van der Waals surface area (Å²) in [5.41, 5.74) is 2.91. The van der Waals surface area contributed by atoms with E-state index in [1.165, 1.54) is 35.5 Å². The average Bonchev–Trinajstić information content (AvgIpc) is 2.87. The van der Waals surface area contributed by atoms with Gasteiger partial charge in [-0.2, -0.15) is 11.8 Å². The standard InChI is InChI=1S/C17H25NOS/c1-13-4-3-5-15(10-13)14(2)18-16-6-8-19-17(11-16)7-9-20-12-17/h3-5,10,14,16,18H,6-9,11-12H2,1-2H3/t14-,16?,17?/m0/s1. The fourth-order valence-electron chi connectivity index (χ4n) is 3.42. The van der Waals surface area contributed by atoms with Crippen molar-refractivity contribution in [2.75, 3.05) is 18.1 Å². The van der Waals surface area contributed by atoms with Crippen LogP contribution < -0.4 is 5.32 Å². The lowest BCUT2D eigenvalue weighted by Crippen LogP contribution is -2.47. The molecule has 3 heteroatoms. The zero-order valence-electron chi connectivity index (χ0n) is 12.5. The maximum absolute atomic E-state index is 6.10. The first kappa shape index (κ1) is 14.4.